The molecule has 4 saturated heterocycles. The van der Waals surface area contributed by atoms with Crippen molar-refractivity contribution in [2.75, 3.05) is 41.4 Å². The van der Waals surface area contributed by atoms with Crippen LogP contribution in [-0.4, -0.2) is 165 Å². The summed E-state index contributed by atoms with van der Waals surface area (Å²) >= 11 is 0. The van der Waals surface area contributed by atoms with Crippen LogP contribution >= 0.6 is 0 Å². The molecule has 4 aliphatic rings. The Labute approximate surface area is 358 Å². The fourth-order valence-corrected chi connectivity index (χ4v) is 10.1. The Hall–Kier alpha value is -2.41. The number of aliphatic hydroxyl groups is 1. The summed E-state index contributed by atoms with van der Waals surface area (Å²) in [6.45, 7) is 24.5. The third-order valence-corrected chi connectivity index (χ3v) is 13.3. The number of fused-ring (bicyclic) bond motifs is 1. The Morgan fingerprint density at radius 2 is 1.67 bits per heavy atom. The Bertz CT molecular complexity index is 1470. The van der Waals surface area contributed by atoms with Gasteiger partial charge in [-0.05, 0) is 94.8 Å². The first-order chi connectivity index (χ1) is 27.9. The van der Waals surface area contributed by atoms with Gasteiger partial charge in [-0.3, -0.25) is 14.5 Å². The topological polar surface area (TPSA) is 170 Å². The molecule has 0 aromatic carbocycles. The summed E-state index contributed by atoms with van der Waals surface area (Å²) in [5.74, 6) is -3.01. The minimum atomic E-state index is -1.58. The van der Waals surface area contributed by atoms with Crippen molar-refractivity contribution in [2.24, 2.45) is 17.8 Å². The molecule has 0 radical (unpaired) electrons. The Balaban J connectivity index is 1.87. The van der Waals surface area contributed by atoms with Gasteiger partial charge >= 0.3 is 18.1 Å². The van der Waals surface area contributed by atoms with Crippen LogP contribution in [0.2, 0.25) is 0 Å². The monoisotopic (exact) mass is 857 g/mol. The summed E-state index contributed by atoms with van der Waals surface area (Å²) in [6, 6.07) is -0.626. The third kappa shape index (κ3) is 11.2. The summed E-state index contributed by atoms with van der Waals surface area (Å²) in [5, 5.41) is 12.8. The van der Waals surface area contributed by atoms with Gasteiger partial charge in [0.15, 0.2) is 30.4 Å². The molecule has 0 spiro atoms. The molecule has 4 aliphatic heterocycles. The molecule has 4 heterocycles. The highest BCUT2D eigenvalue weighted by atomic mass is 16.8. The number of likely N-dealkylation sites (N-methyl/N-ethyl adjacent to an activating group) is 2. The maximum atomic E-state index is 14.7. The SMILES string of the molecule is C=CCO[C@H]1[C@H](C)O[C@@H](O[C@H]2[C@H](C)[C@@H](O[C@@H]3O[C@H](C)C[C@H](N(C)C)[C@H]3OC(C)=O)[C@](C)(O)C[C@@H](C)CN(C)[C@H](C)C3OC(=O)O[C@]3(C)[C@@H](CC)OC(=O)[C@@H]2C)C[C@@]1(C)OC. The lowest BCUT2D eigenvalue weighted by Gasteiger charge is -2.49. The van der Waals surface area contributed by atoms with Gasteiger partial charge in [0.2, 0.25) is 0 Å². The van der Waals surface area contributed by atoms with E-state index >= 15 is 0 Å². The lowest BCUT2D eigenvalue weighted by atomic mass is 9.77. The Morgan fingerprint density at radius 3 is 2.25 bits per heavy atom. The van der Waals surface area contributed by atoms with E-state index in [0.29, 0.717) is 19.4 Å². The average molecular weight is 857 g/mol. The Kier molecular flexibility index (Phi) is 17.1. The van der Waals surface area contributed by atoms with E-state index in [1.807, 2.05) is 74.5 Å². The molecule has 346 valence electrons. The number of cyclic esters (lactones) is 1. The van der Waals surface area contributed by atoms with E-state index < -0.39 is 102 Å². The van der Waals surface area contributed by atoms with Gasteiger partial charge in [0.1, 0.15) is 12.2 Å². The quantitative estimate of drug-likeness (QED) is 0.170. The molecule has 0 aromatic rings. The minimum absolute atomic E-state index is 0.140. The van der Waals surface area contributed by atoms with Crippen molar-refractivity contribution in [3.05, 3.63) is 12.7 Å². The van der Waals surface area contributed by atoms with E-state index in [4.69, 9.17) is 47.4 Å². The largest absolute Gasteiger partial charge is 0.509 e. The normalized spacial score (nSPS) is 45.0. The van der Waals surface area contributed by atoms with Crippen LogP contribution in [0.5, 0.6) is 0 Å². The van der Waals surface area contributed by atoms with Crippen LogP contribution in [0.4, 0.5) is 4.79 Å². The number of hydrogen-bond acceptors (Lipinski definition) is 16. The standard InChI is InChI=1S/C44H76N2O14/c1-17-19-52-38-29(8)54-33(22-43(38,11)51-16)57-34-26(5)36(58-40-35(55-30(9)47)31(45(13)14)20-25(4)53-40)42(10,50)21-24(3)23-46(15)28(7)37-44(12,60-41(49)59-37)32(18-2)56-39(48)27(34)6/h17,24-29,31-38,40,50H,1,18-23H2,2-16H3/t24-,25-,26+,27-,28-,29+,31+,32-,33+,34+,35-,36-,37?,38+,40+,42-,43-,44-/m1/s1. The van der Waals surface area contributed by atoms with Crippen LogP contribution in [0.3, 0.4) is 0 Å². The van der Waals surface area contributed by atoms with Crippen molar-refractivity contribution in [2.45, 2.75) is 192 Å². The molecule has 4 rings (SSSR count). The van der Waals surface area contributed by atoms with Crippen molar-refractivity contribution in [3.8, 4) is 0 Å². The molecule has 1 N–H and O–H groups in total. The zero-order valence-electron chi connectivity index (χ0n) is 38.8. The van der Waals surface area contributed by atoms with Crippen molar-refractivity contribution in [3.63, 3.8) is 0 Å². The fourth-order valence-electron chi connectivity index (χ4n) is 10.1. The molecule has 16 heteroatoms. The fraction of sp³-hybridized carbons (Fsp3) is 0.886. The molecule has 18 atom stereocenters. The van der Waals surface area contributed by atoms with E-state index in [0.717, 1.165) is 0 Å². The second kappa shape index (κ2) is 20.4. The first-order valence-corrected chi connectivity index (χ1v) is 21.7. The van der Waals surface area contributed by atoms with Crippen molar-refractivity contribution >= 4 is 18.1 Å². The van der Waals surface area contributed by atoms with Crippen molar-refractivity contribution < 1.29 is 66.9 Å². The van der Waals surface area contributed by atoms with E-state index in [9.17, 15) is 19.5 Å². The van der Waals surface area contributed by atoms with Crippen LogP contribution in [0.25, 0.3) is 0 Å². The van der Waals surface area contributed by atoms with Crippen LogP contribution in [-0.2, 0) is 57.0 Å². The summed E-state index contributed by atoms with van der Waals surface area (Å²) in [5.41, 5.74) is -3.75. The molecule has 0 aromatic heterocycles. The van der Waals surface area contributed by atoms with E-state index in [2.05, 4.69) is 11.5 Å². The van der Waals surface area contributed by atoms with Crippen LogP contribution < -0.4 is 0 Å². The number of carbonyl (C=O) groups is 3. The number of ether oxygens (including phenoxy) is 10. The summed E-state index contributed by atoms with van der Waals surface area (Å²) in [7, 11) is 7.35. The first-order valence-electron chi connectivity index (χ1n) is 21.7. The van der Waals surface area contributed by atoms with Crippen molar-refractivity contribution in [1.82, 2.24) is 9.80 Å². The number of methoxy groups -OCH3 is 1. The number of esters is 2. The van der Waals surface area contributed by atoms with E-state index in [1.165, 1.54) is 6.92 Å². The van der Waals surface area contributed by atoms with Gasteiger partial charge < -0.3 is 57.4 Å². The lowest BCUT2D eigenvalue weighted by molar-refractivity contribution is -0.321. The molecular formula is C44H76N2O14. The highest BCUT2D eigenvalue weighted by Crippen LogP contribution is 2.42. The van der Waals surface area contributed by atoms with Gasteiger partial charge in [0, 0.05) is 39.0 Å². The lowest BCUT2D eigenvalue weighted by Crippen LogP contribution is -2.61. The molecular weight excluding hydrogens is 780 g/mol. The van der Waals surface area contributed by atoms with Gasteiger partial charge in [-0.2, -0.15) is 0 Å². The van der Waals surface area contributed by atoms with Gasteiger partial charge in [0.25, 0.3) is 0 Å². The van der Waals surface area contributed by atoms with E-state index in [1.54, 1.807) is 34.0 Å². The minimum Gasteiger partial charge on any atom is -0.458 e. The van der Waals surface area contributed by atoms with Gasteiger partial charge in [-0.1, -0.05) is 26.8 Å². The molecule has 1 unspecified atom stereocenters. The molecule has 0 saturated carbocycles. The third-order valence-electron chi connectivity index (χ3n) is 13.3. The summed E-state index contributed by atoms with van der Waals surface area (Å²) in [4.78, 5) is 44.1. The van der Waals surface area contributed by atoms with E-state index in [-0.39, 0.29) is 43.6 Å². The number of carbonyl (C=O) groups excluding carboxylic acids is 3. The molecule has 0 amide bonds. The predicted octanol–water partition coefficient (Wildman–Crippen LogP) is 4.86. The molecule has 4 fully saturated rings. The van der Waals surface area contributed by atoms with Crippen molar-refractivity contribution in [1.29, 1.82) is 0 Å². The molecule has 16 nitrogen and oxygen atoms in total. The smallest absolute Gasteiger partial charge is 0.458 e. The predicted molar refractivity (Wildman–Crippen MR) is 221 cm³/mol. The van der Waals surface area contributed by atoms with Crippen LogP contribution in [0, 0.1) is 17.8 Å². The molecule has 60 heavy (non-hydrogen) atoms. The summed E-state index contributed by atoms with van der Waals surface area (Å²) in [6.07, 6.45) is -5.62. The summed E-state index contributed by atoms with van der Waals surface area (Å²) < 4.78 is 63.0. The zero-order chi connectivity index (χ0) is 45.1. The average Bonchev–Trinajstić information content (AvgIpc) is 3.47. The maximum absolute atomic E-state index is 14.7. The maximum Gasteiger partial charge on any atom is 0.509 e. The highest BCUT2D eigenvalue weighted by molar-refractivity contribution is 5.73. The van der Waals surface area contributed by atoms with Crippen LogP contribution in [0.15, 0.2) is 12.7 Å². The Morgan fingerprint density at radius 1 is 1.00 bits per heavy atom. The highest BCUT2D eigenvalue weighted by Gasteiger charge is 2.58. The second-order valence-electron chi connectivity index (χ2n) is 18.8. The number of nitrogens with zero attached hydrogens (tertiary/aromatic N) is 2. The second-order valence-corrected chi connectivity index (χ2v) is 18.8. The first kappa shape index (κ1) is 50.2. The van der Waals surface area contributed by atoms with Crippen LogP contribution in [0.1, 0.15) is 102 Å². The van der Waals surface area contributed by atoms with Gasteiger partial charge in [0.05, 0.1) is 54.2 Å². The van der Waals surface area contributed by atoms with Gasteiger partial charge in [-0.15, -0.1) is 6.58 Å². The molecule has 0 bridgehead atoms. The molecule has 0 aliphatic carbocycles. The number of rotatable bonds is 11. The number of hydrogen-bond donors (Lipinski definition) is 1. The van der Waals surface area contributed by atoms with Gasteiger partial charge in [-0.25, -0.2) is 4.79 Å². The zero-order valence-corrected chi connectivity index (χ0v) is 38.8.